The Hall–Kier alpha value is -1.39. The first-order valence-corrected chi connectivity index (χ1v) is 7.58. The minimum atomic E-state index is 0.150. The van der Waals surface area contributed by atoms with E-state index in [9.17, 15) is 4.79 Å². The molecule has 0 N–H and O–H groups in total. The monoisotopic (exact) mass is 290 g/mol. The SMILES string of the molecule is COc1cc(C)ccc1C(=O)CN1CCCC1CN(C)C. The van der Waals surface area contributed by atoms with Crippen LogP contribution in [0.5, 0.6) is 5.75 Å². The van der Waals surface area contributed by atoms with Gasteiger partial charge in [0.05, 0.1) is 19.2 Å². The van der Waals surface area contributed by atoms with Gasteiger partial charge in [0.2, 0.25) is 0 Å². The van der Waals surface area contributed by atoms with Crippen molar-refractivity contribution in [3.63, 3.8) is 0 Å². The zero-order valence-electron chi connectivity index (χ0n) is 13.6. The maximum Gasteiger partial charge on any atom is 0.180 e. The average molecular weight is 290 g/mol. The van der Waals surface area contributed by atoms with Crippen molar-refractivity contribution >= 4 is 5.78 Å². The van der Waals surface area contributed by atoms with Crippen LogP contribution < -0.4 is 4.74 Å². The Morgan fingerprint density at radius 2 is 2.19 bits per heavy atom. The van der Waals surface area contributed by atoms with Crippen molar-refractivity contribution in [1.29, 1.82) is 0 Å². The third kappa shape index (κ3) is 4.05. The van der Waals surface area contributed by atoms with Crippen molar-refractivity contribution in [3.05, 3.63) is 29.3 Å². The van der Waals surface area contributed by atoms with E-state index in [-0.39, 0.29) is 5.78 Å². The summed E-state index contributed by atoms with van der Waals surface area (Å²) in [5.41, 5.74) is 1.80. The van der Waals surface area contributed by atoms with Crippen LogP contribution in [0.2, 0.25) is 0 Å². The molecule has 1 atom stereocenters. The summed E-state index contributed by atoms with van der Waals surface area (Å²) in [6, 6.07) is 6.26. The molecule has 1 fully saturated rings. The maximum absolute atomic E-state index is 12.6. The molecule has 0 saturated carbocycles. The summed E-state index contributed by atoms with van der Waals surface area (Å²) in [7, 11) is 5.79. The quantitative estimate of drug-likeness (QED) is 0.752. The van der Waals surface area contributed by atoms with Gasteiger partial charge in [0.25, 0.3) is 0 Å². The van der Waals surface area contributed by atoms with E-state index in [0.717, 1.165) is 18.7 Å². The number of nitrogens with zero attached hydrogens (tertiary/aromatic N) is 2. The van der Waals surface area contributed by atoms with Crippen LogP contribution >= 0.6 is 0 Å². The van der Waals surface area contributed by atoms with Crippen molar-refractivity contribution in [2.45, 2.75) is 25.8 Å². The summed E-state index contributed by atoms with van der Waals surface area (Å²) in [6.45, 7) is 4.51. The van der Waals surface area contributed by atoms with E-state index in [0.29, 0.717) is 23.9 Å². The normalized spacial score (nSPS) is 19.2. The van der Waals surface area contributed by atoms with E-state index in [1.807, 2.05) is 25.1 Å². The maximum atomic E-state index is 12.6. The first kappa shape index (κ1) is 16.0. The van der Waals surface area contributed by atoms with Crippen LogP contribution in [-0.2, 0) is 0 Å². The highest BCUT2D eigenvalue weighted by molar-refractivity contribution is 6.00. The van der Waals surface area contributed by atoms with Gasteiger partial charge in [-0.1, -0.05) is 6.07 Å². The Kier molecular flexibility index (Phi) is 5.37. The predicted octanol–water partition coefficient (Wildman–Crippen LogP) is 2.21. The number of benzene rings is 1. The van der Waals surface area contributed by atoms with Crippen molar-refractivity contribution < 1.29 is 9.53 Å². The fraction of sp³-hybridized carbons (Fsp3) is 0.588. The van der Waals surface area contributed by atoms with Crippen molar-refractivity contribution in [1.82, 2.24) is 9.80 Å². The third-order valence-corrected chi connectivity index (χ3v) is 4.08. The molecule has 0 aliphatic carbocycles. The van der Waals surface area contributed by atoms with Gasteiger partial charge in [-0.2, -0.15) is 0 Å². The minimum absolute atomic E-state index is 0.150. The number of rotatable bonds is 6. The van der Waals surface area contributed by atoms with E-state index in [4.69, 9.17) is 4.74 Å². The summed E-state index contributed by atoms with van der Waals surface area (Å²) in [4.78, 5) is 17.1. The van der Waals surface area contributed by atoms with E-state index in [1.165, 1.54) is 12.8 Å². The number of likely N-dealkylation sites (tertiary alicyclic amines) is 1. The molecule has 1 aromatic carbocycles. The zero-order valence-corrected chi connectivity index (χ0v) is 13.6. The van der Waals surface area contributed by atoms with Gasteiger partial charge in [-0.3, -0.25) is 9.69 Å². The van der Waals surface area contributed by atoms with Crippen LogP contribution in [0.25, 0.3) is 0 Å². The molecular formula is C17H26N2O2. The number of hydrogen-bond donors (Lipinski definition) is 0. The summed E-state index contributed by atoms with van der Waals surface area (Å²) in [5.74, 6) is 0.834. The highest BCUT2D eigenvalue weighted by Crippen LogP contribution is 2.23. The lowest BCUT2D eigenvalue weighted by atomic mass is 10.1. The standard InChI is InChI=1S/C17H26N2O2/c1-13-7-8-15(17(10-13)21-4)16(20)12-19-9-5-6-14(19)11-18(2)3/h7-8,10,14H,5-6,9,11-12H2,1-4H3. The second kappa shape index (κ2) is 7.05. The second-order valence-electron chi connectivity index (χ2n) is 6.16. The van der Waals surface area contributed by atoms with Gasteiger partial charge >= 0.3 is 0 Å². The van der Waals surface area contributed by atoms with Crippen LogP contribution in [0.4, 0.5) is 0 Å². The molecule has 4 nitrogen and oxygen atoms in total. The fourth-order valence-electron chi connectivity index (χ4n) is 3.03. The summed E-state index contributed by atoms with van der Waals surface area (Å²) >= 11 is 0. The molecule has 1 heterocycles. The molecular weight excluding hydrogens is 264 g/mol. The zero-order chi connectivity index (χ0) is 15.4. The Bertz CT molecular complexity index is 500. The lowest BCUT2D eigenvalue weighted by Gasteiger charge is -2.26. The Labute approximate surface area is 127 Å². The third-order valence-electron chi connectivity index (χ3n) is 4.08. The van der Waals surface area contributed by atoms with Gasteiger partial charge in [0, 0.05) is 12.6 Å². The van der Waals surface area contributed by atoms with Gasteiger partial charge in [-0.15, -0.1) is 0 Å². The Balaban J connectivity index is 2.07. The lowest BCUT2D eigenvalue weighted by Crippen LogP contribution is -2.40. The molecule has 0 bridgehead atoms. The summed E-state index contributed by atoms with van der Waals surface area (Å²) in [5, 5.41) is 0. The number of carbonyl (C=O) groups is 1. The number of ketones is 1. The van der Waals surface area contributed by atoms with Gasteiger partial charge in [-0.05, 0) is 58.1 Å². The van der Waals surface area contributed by atoms with Crippen LogP contribution in [0, 0.1) is 6.92 Å². The number of likely N-dealkylation sites (N-methyl/N-ethyl adjacent to an activating group) is 1. The predicted molar refractivity (Wildman–Crippen MR) is 85.2 cm³/mol. The Morgan fingerprint density at radius 1 is 1.43 bits per heavy atom. The number of Topliss-reactive ketones (excluding diaryl/α,β-unsaturated/α-hetero) is 1. The van der Waals surface area contributed by atoms with Gasteiger partial charge in [-0.25, -0.2) is 0 Å². The summed E-state index contributed by atoms with van der Waals surface area (Å²) < 4.78 is 5.36. The molecule has 1 aliphatic heterocycles. The van der Waals surface area contributed by atoms with E-state index >= 15 is 0 Å². The van der Waals surface area contributed by atoms with Gasteiger partial charge in [0.15, 0.2) is 5.78 Å². The average Bonchev–Trinajstić information content (AvgIpc) is 2.84. The number of ether oxygens (including phenoxy) is 1. The molecule has 0 aromatic heterocycles. The smallest absolute Gasteiger partial charge is 0.180 e. The van der Waals surface area contributed by atoms with E-state index < -0.39 is 0 Å². The highest BCUT2D eigenvalue weighted by Gasteiger charge is 2.27. The molecule has 0 radical (unpaired) electrons. The molecule has 116 valence electrons. The number of aryl methyl sites for hydroxylation is 1. The largest absolute Gasteiger partial charge is 0.496 e. The van der Waals surface area contributed by atoms with Crippen molar-refractivity contribution in [2.75, 3.05) is 40.8 Å². The fourth-order valence-corrected chi connectivity index (χ4v) is 3.03. The molecule has 1 saturated heterocycles. The lowest BCUT2D eigenvalue weighted by molar-refractivity contribution is 0.0907. The van der Waals surface area contributed by atoms with E-state index in [2.05, 4.69) is 23.9 Å². The molecule has 4 heteroatoms. The number of carbonyl (C=O) groups excluding carboxylic acids is 1. The van der Waals surface area contributed by atoms with Crippen LogP contribution in [-0.4, -0.2) is 62.5 Å². The Morgan fingerprint density at radius 3 is 2.86 bits per heavy atom. The molecule has 1 unspecified atom stereocenters. The molecule has 21 heavy (non-hydrogen) atoms. The van der Waals surface area contributed by atoms with Crippen LogP contribution in [0.3, 0.4) is 0 Å². The molecule has 0 amide bonds. The number of methoxy groups -OCH3 is 1. The number of hydrogen-bond acceptors (Lipinski definition) is 4. The molecule has 0 spiro atoms. The first-order valence-electron chi connectivity index (χ1n) is 7.58. The molecule has 2 rings (SSSR count). The van der Waals surface area contributed by atoms with E-state index in [1.54, 1.807) is 7.11 Å². The second-order valence-corrected chi connectivity index (χ2v) is 6.16. The molecule has 1 aromatic rings. The molecule has 1 aliphatic rings. The topological polar surface area (TPSA) is 32.8 Å². The van der Waals surface area contributed by atoms with Crippen LogP contribution in [0.15, 0.2) is 18.2 Å². The van der Waals surface area contributed by atoms with Gasteiger partial charge in [0.1, 0.15) is 5.75 Å². The summed E-state index contributed by atoms with van der Waals surface area (Å²) in [6.07, 6.45) is 2.35. The van der Waals surface area contributed by atoms with Crippen molar-refractivity contribution in [3.8, 4) is 5.75 Å². The van der Waals surface area contributed by atoms with Crippen LogP contribution in [0.1, 0.15) is 28.8 Å². The minimum Gasteiger partial charge on any atom is -0.496 e. The van der Waals surface area contributed by atoms with Gasteiger partial charge < -0.3 is 9.64 Å². The first-order chi connectivity index (χ1) is 10.0. The highest BCUT2D eigenvalue weighted by atomic mass is 16.5. The van der Waals surface area contributed by atoms with Crippen molar-refractivity contribution in [2.24, 2.45) is 0 Å².